The van der Waals surface area contributed by atoms with Crippen LogP contribution in [0.15, 0.2) is 30.3 Å². The first-order chi connectivity index (χ1) is 14.7. The zero-order chi connectivity index (χ0) is 22.3. The van der Waals surface area contributed by atoms with Crippen LogP contribution in [0.25, 0.3) is 0 Å². The number of sulfonamides is 1. The third kappa shape index (κ3) is 7.97. The van der Waals surface area contributed by atoms with Crippen molar-refractivity contribution in [3.8, 4) is 0 Å². The summed E-state index contributed by atoms with van der Waals surface area (Å²) in [6.45, 7) is 0.247. The monoisotopic (exact) mass is 455 g/mol. The van der Waals surface area contributed by atoms with Gasteiger partial charge in [0.15, 0.2) is 5.79 Å². The molecule has 31 heavy (non-hydrogen) atoms. The third-order valence-electron chi connectivity index (χ3n) is 5.09. The molecular formula is C21H29NO8S. The first-order valence-corrected chi connectivity index (χ1v) is 12.2. The Morgan fingerprint density at radius 2 is 1.94 bits per heavy atom. The van der Waals surface area contributed by atoms with Crippen LogP contribution in [0, 0.1) is 0 Å². The Bertz CT molecular complexity index is 859. The van der Waals surface area contributed by atoms with Crippen molar-refractivity contribution in [3.05, 3.63) is 35.9 Å². The van der Waals surface area contributed by atoms with Gasteiger partial charge in [-0.15, -0.1) is 0 Å². The summed E-state index contributed by atoms with van der Waals surface area (Å²) in [5.74, 6) is -1.67. The first-order valence-electron chi connectivity index (χ1n) is 10.3. The Labute approximate surface area is 182 Å². The van der Waals surface area contributed by atoms with E-state index in [1.807, 2.05) is 30.3 Å². The minimum atomic E-state index is -3.47. The van der Waals surface area contributed by atoms with E-state index < -0.39 is 40.5 Å². The number of ketones is 1. The Kier molecular flexibility index (Phi) is 8.17. The number of carbonyl (C=O) groups is 2. The van der Waals surface area contributed by atoms with Crippen molar-refractivity contribution in [2.45, 2.75) is 56.7 Å². The Morgan fingerprint density at radius 1 is 1.19 bits per heavy atom. The fourth-order valence-electron chi connectivity index (χ4n) is 3.77. The standard InChI is InChI=1S/C21H29NO8S/c1-31(25,26)22-12-20(24)28-15-18-8-5-9-21(29-18)11-17(23)10-19(30-21)14-27-13-16-6-3-2-4-7-16/h2-4,6-7,18-19,22H,5,8-15H2,1H3/t18-,19-,21-/m0/s1. The summed E-state index contributed by atoms with van der Waals surface area (Å²) in [4.78, 5) is 24.1. The maximum atomic E-state index is 12.4. The van der Waals surface area contributed by atoms with Crippen LogP contribution in [0.2, 0.25) is 0 Å². The first kappa shape index (κ1) is 23.8. The van der Waals surface area contributed by atoms with Gasteiger partial charge in [-0.05, 0) is 18.4 Å². The van der Waals surface area contributed by atoms with Crippen LogP contribution in [0.3, 0.4) is 0 Å². The molecule has 2 fully saturated rings. The average molecular weight is 456 g/mol. The number of rotatable bonds is 9. The van der Waals surface area contributed by atoms with Crippen molar-refractivity contribution in [2.75, 3.05) is 26.0 Å². The summed E-state index contributed by atoms with van der Waals surface area (Å²) < 4.78 is 47.3. The molecule has 1 aromatic carbocycles. The predicted octanol–water partition coefficient (Wildman–Crippen LogP) is 1.31. The van der Waals surface area contributed by atoms with E-state index in [1.165, 1.54) is 0 Å². The van der Waals surface area contributed by atoms with Gasteiger partial charge in [0.2, 0.25) is 10.0 Å². The highest BCUT2D eigenvalue weighted by molar-refractivity contribution is 7.88. The number of Topliss-reactive ketones (excluding diaryl/α,β-unsaturated/α-hetero) is 1. The van der Waals surface area contributed by atoms with E-state index in [0.717, 1.165) is 18.2 Å². The molecule has 172 valence electrons. The highest BCUT2D eigenvalue weighted by Gasteiger charge is 2.45. The molecule has 0 bridgehead atoms. The van der Waals surface area contributed by atoms with Crippen LogP contribution in [-0.4, -0.2) is 64.2 Å². The summed E-state index contributed by atoms with van der Waals surface area (Å²) in [5, 5.41) is 0. The highest BCUT2D eigenvalue weighted by atomic mass is 32.2. The summed E-state index contributed by atoms with van der Waals surface area (Å²) >= 11 is 0. The SMILES string of the molecule is CS(=O)(=O)NCC(=O)OC[C@@H]1CCC[C@]2(CC(=O)C[C@@H](COCc3ccccc3)O2)O1. The molecule has 0 saturated carbocycles. The largest absolute Gasteiger partial charge is 0.462 e. The van der Waals surface area contributed by atoms with Crippen LogP contribution >= 0.6 is 0 Å². The van der Waals surface area contributed by atoms with Crippen LogP contribution < -0.4 is 4.72 Å². The zero-order valence-corrected chi connectivity index (χ0v) is 18.4. The van der Waals surface area contributed by atoms with E-state index in [0.29, 0.717) is 19.4 Å². The van der Waals surface area contributed by atoms with Gasteiger partial charge >= 0.3 is 5.97 Å². The topological polar surface area (TPSA) is 117 Å². The quantitative estimate of drug-likeness (QED) is 0.554. The molecule has 2 aliphatic rings. The van der Waals surface area contributed by atoms with Crippen LogP contribution in [0.1, 0.15) is 37.7 Å². The Balaban J connectivity index is 1.48. The van der Waals surface area contributed by atoms with Crippen LogP contribution in [0.5, 0.6) is 0 Å². The number of carbonyl (C=O) groups excluding carboxylic acids is 2. The molecule has 2 saturated heterocycles. The lowest BCUT2D eigenvalue weighted by atomic mass is 9.92. The van der Waals surface area contributed by atoms with Gasteiger partial charge < -0.3 is 18.9 Å². The minimum Gasteiger partial charge on any atom is -0.462 e. The number of hydrogen-bond acceptors (Lipinski definition) is 8. The van der Waals surface area contributed by atoms with Gasteiger partial charge in [-0.2, -0.15) is 0 Å². The van der Waals surface area contributed by atoms with Crippen molar-refractivity contribution in [1.29, 1.82) is 0 Å². The van der Waals surface area contributed by atoms with Crippen molar-refractivity contribution in [2.24, 2.45) is 0 Å². The van der Waals surface area contributed by atoms with Gasteiger partial charge in [-0.25, -0.2) is 13.1 Å². The molecule has 1 N–H and O–H groups in total. The molecule has 2 heterocycles. The predicted molar refractivity (Wildman–Crippen MR) is 110 cm³/mol. The molecule has 0 amide bonds. The molecule has 0 aromatic heterocycles. The summed E-state index contributed by atoms with van der Waals surface area (Å²) in [6.07, 6.45) is 2.56. The number of benzene rings is 1. The lowest BCUT2D eigenvalue weighted by Crippen LogP contribution is -2.52. The zero-order valence-electron chi connectivity index (χ0n) is 17.6. The summed E-state index contributed by atoms with van der Waals surface area (Å²) in [7, 11) is -3.47. The van der Waals surface area contributed by atoms with Crippen molar-refractivity contribution < 1.29 is 37.0 Å². The minimum absolute atomic E-state index is 0.0290. The maximum absolute atomic E-state index is 12.4. The molecule has 2 aliphatic heterocycles. The van der Waals surface area contributed by atoms with E-state index in [-0.39, 0.29) is 31.8 Å². The molecule has 3 atom stereocenters. The van der Waals surface area contributed by atoms with E-state index in [4.69, 9.17) is 18.9 Å². The second kappa shape index (κ2) is 10.6. The van der Waals surface area contributed by atoms with Gasteiger partial charge in [-0.3, -0.25) is 9.59 Å². The molecule has 1 spiro atoms. The van der Waals surface area contributed by atoms with Gasteiger partial charge in [0.25, 0.3) is 0 Å². The van der Waals surface area contributed by atoms with E-state index in [9.17, 15) is 18.0 Å². The third-order valence-corrected chi connectivity index (χ3v) is 5.76. The normalized spacial score (nSPS) is 26.7. The van der Waals surface area contributed by atoms with Gasteiger partial charge in [0.1, 0.15) is 18.9 Å². The Morgan fingerprint density at radius 3 is 2.68 bits per heavy atom. The Hall–Kier alpha value is -1.85. The molecule has 3 rings (SSSR count). The van der Waals surface area contributed by atoms with E-state index in [2.05, 4.69) is 4.72 Å². The second-order valence-corrected chi connectivity index (χ2v) is 9.81. The fraction of sp³-hybridized carbons (Fsp3) is 0.619. The molecule has 1 aromatic rings. The lowest BCUT2D eigenvalue weighted by molar-refractivity contribution is -0.313. The van der Waals surface area contributed by atoms with E-state index in [1.54, 1.807) is 0 Å². The molecule has 0 aliphatic carbocycles. The number of hydrogen-bond donors (Lipinski definition) is 1. The maximum Gasteiger partial charge on any atom is 0.321 e. The number of nitrogens with one attached hydrogen (secondary N) is 1. The molecule has 0 radical (unpaired) electrons. The molecule has 0 unspecified atom stereocenters. The molecule has 10 heteroatoms. The highest BCUT2D eigenvalue weighted by Crippen LogP contribution is 2.38. The summed E-state index contributed by atoms with van der Waals surface area (Å²) in [6, 6.07) is 9.75. The van der Waals surface area contributed by atoms with Crippen molar-refractivity contribution in [3.63, 3.8) is 0 Å². The van der Waals surface area contributed by atoms with E-state index >= 15 is 0 Å². The molecular weight excluding hydrogens is 426 g/mol. The average Bonchev–Trinajstić information content (AvgIpc) is 2.70. The van der Waals surface area contributed by atoms with Crippen molar-refractivity contribution >= 4 is 21.8 Å². The van der Waals surface area contributed by atoms with Gasteiger partial charge in [0, 0.05) is 12.8 Å². The van der Waals surface area contributed by atoms with Crippen molar-refractivity contribution in [1.82, 2.24) is 4.72 Å². The summed E-state index contributed by atoms with van der Waals surface area (Å²) in [5.41, 5.74) is 1.04. The fourth-order valence-corrected chi connectivity index (χ4v) is 4.15. The van der Waals surface area contributed by atoms with Gasteiger partial charge in [-0.1, -0.05) is 30.3 Å². The van der Waals surface area contributed by atoms with Gasteiger partial charge in [0.05, 0.1) is 38.1 Å². The number of esters is 1. The van der Waals surface area contributed by atoms with Crippen LogP contribution in [0.4, 0.5) is 0 Å². The molecule has 9 nitrogen and oxygen atoms in total. The lowest BCUT2D eigenvalue weighted by Gasteiger charge is -2.45. The second-order valence-electron chi connectivity index (χ2n) is 7.98. The number of ether oxygens (including phenoxy) is 4. The smallest absolute Gasteiger partial charge is 0.321 e. The van der Waals surface area contributed by atoms with Crippen LogP contribution in [-0.2, 0) is 45.2 Å².